The Labute approximate surface area is 184 Å². The van der Waals surface area contributed by atoms with Crippen LogP contribution in [0.25, 0.3) is 0 Å². The number of benzene rings is 1. The van der Waals surface area contributed by atoms with Crippen molar-refractivity contribution in [1.29, 1.82) is 0 Å². The maximum absolute atomic E-state index is 13.4. The van der Waals surface area contributed by atoms with E-state index in [0.717, 1.165) is 19.3 Å². The van der Waals surface area contributed by atoms with Gasteiger partial charge in [-0.3, -0.25) is 4.79 Å². The minimum Gasteiger partial charge on any atom is -0.495 e. The number of ether oxygens (including phenoxy) is 2. The van der Waals surface area contributed by atoms with Gasteiger partial charge in [0.25, 0.3) is 5.91 Å². The lowest BCUT2D eigenvalue weighted by Gasteiger charge is -2.34. The Hall–Kier alpha value is -2.13. The van der Waals surface area contributed by atoms with E-state index in [-0.39, 0.29) is 28.0 Å². The predicted octanol–water partition coefficient (Wildman–Crippen LogP) is 2.58. The normalized spacial score (nSPS) is 23.9. The number of piperidine rings is 1. The lowest BCUT2D eigenvalue weighted by atomic mass is 9.94. The molecule has 8 nitrogen and oxygen atoms in total. The van der Waals surface area contributed by atoms with E-state index >= 15 is 0 Å². The molecule has 3 rings (SSSR count). The Bertz CT molecular complexity index is 929. The number of nitrogens with zero attached hydrogens (tertiary/aromatic N) is 1. The van der Waals surface area contributed by atoms with Gasteiger partial charge in [-0.05, 0) is 49.3 Å². The topological polar surface area (TPSA) is 102 Å². The van der Waals surface area contributed by atoms with E-state index in [1.807, 2.05) is 13.8 Å². The number of carbonyl (C=O) groups is 2. The van der Waals surface area contributed by atoms with Gasteiger partial charge in [0.15, 0.2) is 0 Å². The third-order valence-electron chi connectivity index (χ3n) is 6.27. The smallest absolute Gasteiger partial charge is 0.331 e. The molecule has 0 bridgehead atoms. The average molecular weight is 453 g/mol. The molecule has 2 fully saturated rings. The molecule has 1 aliphatic heterocycles. The summed E-state index contributed by atoms with van der Waals surface area (Å²) in [5.41, 5.74) is -0.907. The summed E-state index contributed by atoms with van der Waals surface area (Å²) in [5, 5.41) is 2.81. The zero-order chi connectivity index (χ0) is 22.8. The van der Waals surface area contributed by atoms with Crippen LogP contribution in [0.4, 0.5) is 0 Å². The summed E-state index contributed by atoms with van der Waals surface area (Å²) in [4.78, 5) is 25.3. The van der Waals surface area contributed by atoms with Gasteiger partial charge in [-0.25, -0.2) is 13.2 Å². The monoisotopic (exact) mass is 452 g/mol. The number of carbonyl (C=O) groups excluding carboxylic acids is 2. The molecule has 2 aliphatic rings. The van der Waals surface area contributed by atoms with E-state index in [0.29, 0.717) is 25.9 Å². The molecule has 172 valence electrons. The molecule has 1 heterocycles. The van der Waals surface area contributed by atoms with Gasteiger partial charge in [0, 0.05) is 18.7 Å². The van der Waals surface area contributed by atoms with Gasteiger partial charge in [-0.2, -0.15) is 4.31 Å². The lowest BCUT2D eigenvalue weighted by Crippen LogP contribution is -2.53. The Morgan fingerprint density at radius 2 is 1.71 bits per heavy atom. The molecule has 1 aliphatic carbocycles. The van der Waals surface area contributed by atoms with Crippen molar-refractivity contribution in [2.24, 2.45) is 11.8 Å². The van der Waals surface area contributed by atoms with Crippen LogP contribution in [0.2, 0.25) is 0 Å². The Morgan fingerprint density at radius 1 is 1.10 bits per heavy atom. The number of sulfonamides is 1. The first-order valence-electron chi connectivity index (χ1n) is 10.7. The summed E-state index contributed by atoms with van der Waals surface area (Å²) in [6, 6.07) is 4.33. The summed E-state index contributed by atoms with van der Waals surface area (Å²) >= 11 is 0. The molecular weight excluding hydrogens is 420 g/mol. The number of hydrogen-bond acceptors (Lipinski definition) is 6. The van der Waals surface area contributed by atoms with Crippen LogP contribution in [0.5, 0.6) is 5.75 Å². The molecule has 1 aromatic carbocycles. The standard InChI is InChI=1S/C22H32N2O6S/c1-15-11-16(2)14-24(13-15)31(27,28)19-12-17(7-8-18(19)29-3)20(25)23-22(21(26)30-4)9-5-6-10-22/h7-8,12,15-16H,5-6,9-11,13-14H2,1-4H3,(H,23,25). The number of rotatable bonds is 6. The molecule has 1 N–H and O–H groups in total. The highest BCUT2D eigenvalue weighted by Crippen LogP contribution is 2.34. The van der Waals surface area contributed by atoms with Crippen LogP contribution >= 0.6 is 0 Å². The number of hydrogen-bond donors (Lipinski definition) is 1. The Morgan fingerprint density at radius 3 is 2.26 bits per heavy atom. The first kappa shape index (κ1) is 23.5. The molecule has 1 saturated carbocycles. The van der Waals surface area contributed by atoms with Crippen LogP contribution in [-0.2, 0) is 19.6 Å². The van der Waals surface area contributed by atoms with Gasteiger partial charge >= 0.3 is 5.97 Å². The van der Waals surface area contributed by atoms with E-state index < -0.39 is 27.4 Å². The summed E-state index contributed by atoms with van der Waals surface area (Å²) in [6.45, 7) is 4.93. The van der Waals surface area contributed by atoms with E-state index in [2.05, 4.69) is 5.32 Å². The number of amides is 1. The second-order valence-corrected chi connectivity index (χ2v) is 10.8. The highest BCUT2D eigenvalue weighted by atomic mass is 32.2. The van der Waals surface area contributed by atoms with Crippen molar-refractivity contribution in [3.8, 4) is 5.75 Å². The summed E-state index contributed by atoms with van der Waals surface area (Å²) in [6.07, 6.45) is 3.58. The molecule has 0 spiro atoms. The minimum absolute atomic E-state index is 0.0394. The van der Waals surface area contributed by atoms with Crippen molar-refractivity contribution in [2.75, 3.05) is 27.3 Å². The molecule has 0 aromatic heterocycles. The van der Waals surface area contributed by atoms with Gasteiger partial charge in [-0.15, -0.1) is 0 Å². The summed E-state index contributed by atoms with van der Waals surface area (Å²) < 4.78 is 38.6. The summed E-state index contributed by atoms with van der Waals surface area (Å²) in [5.74, 6) is -0.301. The highest BCUT2D eigenvalue weighted by Gasteiger charge is 2.44. The van der Waals surface area contributed by atoms with E-state index in [4.69, 9.17) is 9.47 Å². The summed E-state index contributed by atoms with van der Waals surface area (Å²) in [7, 11) is -1.15. The first-order chi connectivity index (χ1) is 14.6. The van der Waals surface area contributed by atoms with Gasteiger partial charge in [0.05, 0.1) is 14.2 Å². The molecule has 1 saturated heterocycles. The molecule has 2 unspecified atom stereocenters. The molecule has 0 radical (unpaired) electrons. The molecule has 9 heteroatoms. The molecule has 31 heavy (non-hydrogen) atoms. The lowest BCUT2D eigenvalue weighted by molar-refractivity contribution is -0.148. The van der Waals surface area contributed by atoms with Crippen LogP contribution in [0.15, 0.2) is 23.1 Å². The van der Waals surface area contributed by atoms with Crippen molar-refractivity contribution in [3.63, 3.8) is 0 Å². The predicted molar refractivity (Wildman–Crippen MR) is 115 cm³/mol. The largest absolute Gasteiger partial charge is 0.495 e. The molecule has 1 aromatic rings. The fourth-order valence-corrected chi connectivity index (χ4v) is 6.67. The van der Waals surface area contributed by atoms with Gasteiger partial charge in [0.1, 0.15) is 16.2 Å². The van der Waals surface area contributed by atoms with Crippen molar-refractivity contribution in [1.82, 2.24) is 9.62 Å². The fourth-order valence-electron chi connectivity index (χ4n) is 4.80. The van der Waals surface area contributed by atoms with Gasteiger partial charge < -0.3 is 14.8 Å². The zero-order valence-corrected chi connectivity index (χ0v) is 19.5. The maximum atomic E-state index is 13.4. The second-order valence-electron chi connectivity index (χ2n) is 8.87. The highest BCUT2D eigenvalue weighted by molar-refractivity contribution is 7.89. The van der Waals surface area contributed by atoms with Crippen molar-refractivity contribution < 1.29 is 27.5 Å². The van der Waals surface area contributed by atoms with Gasteiger partial charge in [-0.1, -0.05) is 26.7 Å². The van der Waals surface area contributed by atoms with Gasteiger partial charge in [0.2, 0.25) is 10.0 Å². The van der Waals surface area contributed by atoms with Crippen LogP contribution in [0, 0.1) is 11.8 Å². The van der Waals surface area contributed by atoms with E-state index in [1.165, 1.54) is 36.7 Å². The molecular formula is C22H32N2O6S. The number of esters is 1. The van der Waals surface area contributed by atoms with Crippen molar-refractivity contribution in [3.05, 3.63) is 23.8 Å². The van der Waals surface area contributed by atoms with E-state index in [9.17, 15) is 18.0 Å². The number of nitrogens with one attached hydrogen (secondary N) is 1. The van der Waals surface area contributed by atoms with Crippen molar-refractivity contribution in [2.45, 2.75) is 56.4 Å². The Kier molecular flexibility index (Phi) is 6.95. The first-order valence-corrected chi connectivity index (χ1v) is 12.2. The Balaban J connectivity index is 1.93. The average Bonchev–Trinajstić information content (AvgIpc) is 3.21. The third kappa shape index (κ3) is 4.72. The van der Waals surface area contributed by atoms with Crippen molar-refractivity contribution >= 4 is 21.9 Å². The third-order valence-corrected chi connectivity index (χ3v) is 8.12. The SMILES string of the molecule is COC(=O)C1(NC(=O)c2ccc(OC)c(S(=O)(=O)N3CC(C)CC(C)C3)c2)CCCC1. The van der Waals surface area contributed by atoms with Crippen LogP contribution in [-0.4, -0.2) is 57.4 Å². The van der Waals surface area contributed by atoms with Crippen LogP contribution in [0.1, 0.15) is 56.3 Å². The van der Waals surface area contributed by atoms with Crippen LogP contribution in [0.3, 0.4) is 0 Å². The minimum atomic E-state index is -3.85. The number of methoxy groups -OCH3 is 2. The molecule has 1 amide bonds. The fraction of sp³-hybridized carbons (Fsp3) is 0.636. The quantitative estimate of drug-likeness (QED) is 0.666. The molecule has 2 atom stereocenters. The second kappa shape index (κ2) is 9.16. The van der Waals surface area contributed by atoms with Crippen LogP contribution < -0.4 is 10.1 Å². The van der Waals surface area contributed by atoms with E-state index in [1.54, 1.807) is 0 Å². The zero-order valence-electron chi connectivity index (χ0n) is 18.6. The maximum Gasteiger partial charge on any atom is 0.331 e.